The van der Waals surface area contributed by atoms with E-state index in [1.807, 2.05) is 0 Å². The maximum atomic E-state index is 10.2. The van der Waals surface area contributed by atoms with E-state index in [0.717, 1.165) is 0 Å². The van der Waals surface area contributed by atoms with Gasteiger partial charge in [-0.1, -0.05) is 18.2 Å². The van der Waals surface area contributed by atoms with Crippen LogP contribution in [0.25, 0.3) is 0 Å². The topological polar surface area (TPSA) is 57.2 Å². The summed E-state index contributed by atoms with van der Waals surface area (Å²) in [5.41, 5.74) is 0. The molecule has 2 radical (unpaired) electrons. The molecule has 1 aromatic rings. The molecule has 12 heavy (non-hydrogen) atoms. The van der Waals surface area contributed by atoms with Crippen molar-refractivity contribution in [2.24, 2.45) is 0 Å². The van der Waals surface area contributed by atoms with Crippen LogP contribution >= 0.6 is 0 Å². The number of hydrogen-bond acceptors (Lipinski definition) is 3. The maximum Gasteiger partial charge on any atom is 1.00 e. The van der Waals surface area contributed by atoms with Crippen LogP contribution in [-0.2, 0) is 10.1 Å². The molecule has 0 fully saturated rings. The van der Waals surface area contributed by atoms with Gasteiger partial charge in [0.05, 0.1) is 4.90 Å². The molecule has 0 saturated heterocycles. The summed E-state index contributed by atoms with van der Waals surface area (Å²) in [5.74, 6) is 0. The van der Waals surface area contributed by atoms with Crippen molar-refractivity contribution in [3.05, 3.63) is 30.3 Å². The van der Waals surface area contributed by atoms with Gasteiger partial charge >= 0.3 is 18.9 Å². The van der Waals surface area contributed by atoms with Crippen molar-refractivity contribution < 1.29 is 31.8 Å². The Morgan fingerprint density at radius 3 is 2.17 bits per heavy atom. The van der Waals surface area contributed by atoms with E-state index in [2.05, 4.69) is 6.07 Å². The van der Waals surface area contributed by atoms with Gasteiger partial charge in [0, 0.05) is 24.9 Å². The van der Waals surface area contributed by atoms with Crippen molar-refractivity contribution in [1.82, 2.24) is 0 Å². The van der Waals surface area contributed by atoms with Gasteiger partial charge in [-0.15, -0.1) is 0 Å². The van der Waals surface area contributed by atoms with Gasteiger partial charge in [0.2, 0.25) is 0 Å². The SMILES string of the molecule is O=S(=O)([O-])c1[c]cccc1.[Li+].[Li]. The minimum atomic E-state index is -4.31. The van der Waals surface area contributed by atoms with Crippen LogP contribution in [0.2, 0.25) is 0 Å². The van der Waals surface area contributed by atoms with Crippen LogP contribution in [-0.4, -0.2) is 31.8 Å². The molecule has 0 bridgehead atoms. The number of benzene rings is 1. The Hall–Kier alpha value is 0.325. The van der Waals surface area contributed by atoms with Gasteiger partial charge in [-0.3, -0.25) is 0 Å². The molecule has 0 amide bonds. The molecule has 1 aromatic carbocycles. The first-order valence-corrected chi connectivity index (χ1v) is 3.94. The van der Waals surface area contributed by atoms with E-state index in [1.54, 1.807) is 6.07 Å². The van der Waals surface area contributed by atoms with E-state index in [0.29, 0.717) is 0 Å². The molecule has 0 saturated carbocycles. The van der Waals surface area contributed by atoms with Crippen LogP contribution in [0.3, 0.4) is 0 Å². The minimum absolute atomic E-state index is 0. The molecule has 0 aliphatic heterocycles. The van der Waals surface area contributed by atoms with Crippen molar-refractivity contribution in [2.45, 2.75) is 4.90 Å². The molecule has 0 heterocycles. The third-order valence-electron chi connectivity index (χ3n) is 0.950. The van der Waals surface area contributed by atoms with Crippen LogP contribution in [0.4, 0.5) is 0 Å². The van der Waals surface area contributed by atoms with Gasteiger partial charge in [-0.2, -0.15) is 0 Å². The van der Waals surface area contributed by atoms with Crippen molar-refractivity contribution >= 4 is 29.0 Å². The Balaban J connectivity index is 0. The van der Waals surface area contributed by atoms with Crippen LogP contribution in [0.15, 0.2) is 29.2 Å². The molecule has 0 aliphatic carbocycles. The molecule has 0 aromatic heterocycles. The molecule has 0 aliphatic rings. The summed E-state index contributed by atoms with van der Waals surface area (Å²) in [6.07, 6.45) is 0. The fraction of sp³-hybridized carbons (Fsp3) is 0. The van der Waals surface area contributed by atoms with Crippen LogP contribution in [0, 0.1) is 6.07 Å². The fourth-order valence-electron chi connectivity index (χ4n) is 0.532. The zero-order valence-corrected chi connectivity index (χ0v) is 7.76. The Kier molecular flexibility index (Phi) is 7.27. The number of rotatable bonds is 1. The van der Waals surface area contributed by atoms with Gasteiger partial charge < -0.3 is 4.55 Å². The van der Waals surface area contributed by atoms with E-state index in [-0.39, 0.29) is 42.6 Å². The zero-order valence-electron chi connectivity index (χ0n) is 6.94. The molecule has 0 N–H and O–H groups in total. The van der Waals surface area contributed by atoms with E-state index in [1.165, 1.54) is 18.2 Å². The largest absolute Gasteiger partial charge is 1.00 e. The average molecular weight is 170 g/mol. The molecule has 6 heteroatoms. The standard InChI is InChI=1S/C6H5O3S.2Li/c7-10(8,9)6-4-2-1-3-5-6;;/h1-4H,(H,7,8,9);;/q;;+1/p-1. The maximum absolute atomic E-state index is 10.2. The molecule has 0 atom stereocenters. The van der Waals surface area contributed by atoms with Crippen LogP contribution in [0.1, 0.15) is 0 Å². The minimum Gasteiger partial charge on any atom is -0.744 e. The normalized spacial score (nSPS) is 9.42. The molecule has 54 valence electrons. The van der Waals surface area contributed by atoms with Crippen molar-refractivity contribution in [2.75, 3.05) is 0 Å². The van der Waals surface area contributed by atoms with Crippen LogP contribution in [0.5, 0.6) is 0 Å². The van der Waals surface area contributed by atoms with Gasteiger partial charge in [0.1, 0.15) is 10.1 Å². The van der Waals surface area contributed by atoms with Crippen molar-refractivity contribution in [3.8, 4) is 0 Å². The first-order valence-electron chi connectivity index (χ1n) is 2.53. The Labute approximate surface area is 95.7 Å². The molecule has 1 rings (SSSR count). The van der Waals surface area contributed by atoms with E-state index in [4.69, 9.17) is 0 Å². The van der Waals surface area contributed by atoms with Gasteiger partial charge in [-0.05, 0) is 6.07 Å². The first kappa shape index (κ1) is 14.8. The Morgan fingerprint density at radius 1 is 1.33 bits per heavy atom. The Bertz CT molecular complexity index is 309. The molecule has 3 nitrogen and oxygen atoms in total. The Morgan fingerprint density at radius 2 is 1.92 bits per heavy atom. The summed E-state index contributed by atoms with van der Waals surface area (Å²) in [7, 11) is -4.31. The summed E-state index contributed by atoms with van der Waals surface area (Å²) < 4.78 is 30.7. The third-order valence-corrected chi connectivity index (χ3v) is 1.74. The number of hydrogen-bond donors (Lipinski definition) is 0. The van der Waals surface area contributed by atoms with E-state index >= 15 is 0 Å². The predicted molar refractivity (Wildman–Crippen MR) is 39.0 cm³/mol. The second-order valence-electron chi connectivity index (χ2n) is 1.68. The predicted octanol–water partition coefficient (Wildman–Crippen LogP) is -2.99. The second kappa shape index (κ2) is 5.88. The van der Waals surface area contributed by atoms with E-state index < -0.39 is 10.1 Å². The molecule has 0 unspecified atom stereocenters. The smallest absolute Gasteiger partial charge is 0.744 e. The fourth-order valence-corrected chi connectivity index (χ4v) is 0.990. The van der Waals surface area contributed by atoms with E-state index in [9.17, 15) is 13.0 Å². The zero-order chi connectivity index (χ0) is 7.61. The monoisotopic (exact) mass is 170 g/mol. The average Bonchev–Trinajstić information content (AvgIpc) is 1.88. The molecular formula is C6H4Li2O3S. The summed E-state index contributed by atoms with van der Waals surface area (Å²) in [6.45, 7) is 0. The van der Waals surface area contributed by atoms with Crippen molar-refractivity contribution in [1.29, 1.82) is 0 Å². The van der Waals surface area contributed by atoms with Crippen LogP contribution < -0.4 is 18.9 Å². The summed E-state index contributed by atoms with van der Waals surface area (Å²) in [4.78, 5) is -0.310. The first-order chi connectivity index (χ1) is 4.61. The van der Waals surface area contributed by atoms with Gasteiger partial charge in [-0.25, -0.2) is 8.42 Å². The summed E-state index contributed by atoms with van der Waals surface area (Å²) in [5, 5.41) is 0. The quantitative estimate of drug-likeness (QED) is 0.333. The summed E-state index contributed by atoms with van der Waals surface area (Å²) in [6, 6.07) is 7.96. The second-order valence-corrected chi connectivity index (χ2v) is 3.03. The molecular weight excluding hydrogens is 166 g/mol. The van der Waals surface area contributed by atoms with Gasteiger partial charge in [0.15, 0.2) is 0 Å². The van der Waals surface area contributed by atoms with Crippen molar-refractivity contribution in [3.63, 3.8) is 0 Å². The summed E-state index contributed by atoms with van der Waals surface area (Å²) >= 11 is 0. The van der Waals surface area contributed by atoms with Gasteiger partial charge in [0.25, 0.3) is 0 Å². The third kappa shape index (κ3) is 4.38. The molecule has 0 spiro atoms.